The van der Waals surface area contributed by atoms with Crippen molar-refractivity contribution in [3.05, 3.63) is 29.3 Å². The average molecular weight is 352 g/mol. The van der Waals surface area contributed by atoms with Crippen LogP contribution >= 0.6 is 0 Å². The number of hydrogen-bond acceptors (Lipinski definition) is 3. The van der Waals surface area contributed by atoms with Crippen LogP contribution in [-0.2, 0) is 10.0 Å². The van der Waals surface area contributed by atoms with Gasteiger partial charge in [-0.15, -0.1) is 0 Å². The molecule has 1 saturated heterocycles. The number of rotatable bonds is 2. The highest BCUT2D eigenvalue weighted by molar-refractivity contribution is 7.89. The number of sulfonamides is 1. The summed E-state index contributed by atoms with van der Waals surface area (Å²) in [5.41, 5.74) is 5.98. The van der Waals surface area contributed by atoms with Crippen LogP contribution in [0.5, 0.6) is 0 Å². The van der Waals surface area contributed by atoms with Gasteiger partial charge in [0.15, 0.2) is 28.2 Å². The fourth-order valence-corrected chi connectivity index (χ4v) is 5.24. The molecule has 3 rings (SSSR count). The van der Waals surface area contributed by atoms with Gasteiger partial charge in [0.1, 0.15) is 0 Å². The normalized spacial score (nSPS) is 28.8. The van der Waals surface area contributed by atoms with Crippen molar-refractivity contribution in [2.45, 2.75) is 30.2 Å². The minimum atomic E-state index is -4.68. The molecule has 1 aliphatic heterocycles. The summed E-state index contributed by atoms with van der Waals surface area (Å²) in [7, 11) is -4.68. The maximum absolute atomic E-state index is 13.8. The summed E-state index contributed by atoms with van der Waals surface area (Å²) in [4.78, 5) is -1.57. The van der Waals surface area contributed by atoms with Crippen LogP contribution in [0.15, 0.2) is 11.0 Å². The molecule has 0 amide bonds. The summed E-state index contributed by atoms with van der Waals surface area (Å²) in [6.45, 7) is 0.0584. The van der Waals surface area contributed by atoms with E-state index in [1.165, 1.54) is 0 Å². The zero-order chi connectivity index (χ0) is 16.9. The standard InChI is InChI=1S/C14H16F4N2O2S/c15-9-4-10(16)13(18)14(12(9)17)23(21,22)20-5-7-2-1-3-11(19)8(7)6-20/h4,7-8,11H,1-3,5-6,19H2. The number of halogens is 4. The smallest absolute Gasteiger partial charge is 0.249 e. The minimum Gasteiger partial charge on any atom is -0.327 e. The summed E-state index contributed by atoms with van der Waals surface area (Å²) in [5.74, 6) is -7.39. The molecule has 2 fully saturated rings. The van der Waals surface area contributed by atoms with Gasteiger partial charge in [-0.3, -0.25) is 0 Å². The molecule has 23 heavy (non-hydrogen) atoms. The van der Waals surface area contributed by atoms with Gasteiger partial charge in [-0.2, -0.15) is 4.31 Å². The predicted molar refractivity (Wildman–Crippen MR) is 73.8 cm³/mol. The van der Waals surface area contributed by atoms with Crippen molar-refractivity contribution in [3.8, 4) is 0 Å². The molecule has 2 N–H and O–H groups in total. The molecule has 2 aliphatic rings. The largest absolute Gasteiger partial charge is 0.327 e. The topological polar surface area (TPSA) is 63.4 Å². The number of nitrogens with zero attached hydrogens (tertiary/aromatic N) is 1. The maximum Gasteiger partial charge on any atom is 0.249 e. The summed E-state index contributed by atoms with van der Waals surface area (Å²) in [5, 5.41) is 0. The van der Waals surface area contributed by atoms with Gasteiger partial charge in [-0.05, 0) is 24.7 Å². The first-order chi connectivity index (χ1) is 10.7. The summed E-state index contributed by atoms with van der Waals surface area (Å²) in [6.07, 6.45) is 2.38. The number of nitrogens with two attached hydrogens (primary N) is 1. The molecular formula is C14H16F4N2O2S. The van der Waals surface area contributed by atoms with E-state index >= 15 is 0 Å². The highest BCUT2D eigenvalue weighted by Gasteiger charge is 2.45. The van der Waals surface area contributed by atoms with Crippen molar-refractivity contribution in [2.75, 3.05) is 13.1 Å². The Hall–Kier alpha value is -1.19. The van der Waals surface area contributed by atoms with Gasteiger partial charge in [0.25, 0.3) is 0 Å². The lowest BCUT2D eigenvalue weighted by atomic mass is 9.78. The van der Waals surface area contributed by atoms with E-state index in [1.807, 2.05) is 0 Å². The molecule has 128 valence electrons. The fraction of sp³-hybridized carbons (Fsp3) is 0.571. The summed E-state index contributed by atoms with van der Waals surface area (Å²) >= 11 is 0. The lowest BCUT2D eigenvalue weighted by Gasteiger charge is -2.29. The molecule has 1 heterocycles. The van der Waals surface area contributed by atoms with Crippen LogP contribution in [0.2, 0.25) is 0 Å². The average Bonchev–Trinajstić information content (AvgIpc) is 2.92. The highest BCUT2D eigenvalue weighted by Crippen LogP contribution is 2.38. The van der Waals surface area contributed by atoms with Crippen LogP contribution in [-0.4, -0.2) is 31.9 Å². The Morgan fingerprint density at radius 2 is 1.65 bits per heavy atom. The molecule has 4 nitrogen and oxygen atoms in total. The third-order valence-corrected chi connectivity index (χ3v) is 6.64. The van der Waals surface area contributed by atoms with Crippen LogP contribution in [0.25, 0.3) is 0 Å². The van der Waals surface area contributed by atoms with Crippen LogP contribution in [0, 0.1) is 35.1 Å². The first kappa shape index (κ1) is 16.7. The Balaban J connectivity index is 2.01. The third kappa shape index (κ3) is 2.64. The molecule has 0 spiro atoms. The van der Waals surface area contributed by atoms with E-state index in [1.54, 1.807) is 0 Å². The van der Waals surface area contributed by atoms with Gasteiger partial charge in [0.05, 0.1) is 0 Å². The zero-order valence-corrected chi connectivity index (χ0v) is 12.9. The van der Waals surface area contributed by atoms with E-state index in [-0.39, 0.29) is 37.0 Å². The van der Waals surface area contributed by atoms with E-state index in [0.29, 0.717) is 0 Å². The summed E-state index contributed by atoms with van der Waals surface area (Å²) < 4.78 is 80.2. The van der Waals surface area contributed by atoms with Gasteiger partial charge in [0, 0.05) is 25.2 Å². The van der Waals surface area contributed by atoms with Gasteiger partial charge in [-0.1, -0.05) is 6.42 Å². The SMILES string of the molecule is NC1CCCC2CN(S(=O)(=O)c3c(F)c(F)cc(F)c3F)CC12. The van der Waals surface area contributed by atoms with E-state index < -0.39 is 38.2 Å². The van der Waals surface area contributed by atoms with Crippen molar-refractivity contribution in [1.29, 1.82) is 0 Å². The predicted octanol–water partition coefficient (Wildman–Crippen LogP) is 1.99. The maximum atomic E-state index is 13.8. The van der Waals surface area contributed by atoms with Crippen molar-refractivity contribution in [1.82, 2.24) is 4.31 Å². The van der Waals surface area contributed by atoms with E-state index in [9.17, 15) is 26.0 Å². The zero-order valence-electron chi connectivity index (χ0n) is 12.1. The Labute approximate surface area is 131 Å². The second kappa shape index (κ2) is 5.71. The number of hydrogen-bond donors (Lipinski definition) is 1. The Bertz CT molecular complexity index is 715. The summed E-state index contributed by atoms with van der Waals surface area (Å²) in [6, 6.07) is -0.198. The van der Waals surface area contributed by atoms with Crippen LogP contribution in [0.1, 0.15) is 19.3 Å². The first-order valence-corrected chi connectivity index (χ1v) is 8.76. The van der Waals surface area contributed by atoms with Crippen molar-refractivity contribution >= 4 is 10.0 Å². The molecule has 3 atom stereocenters. The second-order valence-electron chi connectivity index (χ2n) is 6.14. The van der Waals surface area contributed by atoms with Gasteiger partial charge in [-0.25, -0.2) is 26.0 Å². The van der Waals surface area contributed by atoms with Crippen LogP contribution < -0.4 is 5.73 Å². The van der Waals surface area contributed by atoms with Gasteiger partial charge >= 0.3 is 0 Å². The third-order valence-electron chi connectivity index (χ3n) is 4.79. The molecule has 0 bridgehead atoms. The molecule has 1 aromatic rings. The Kier molecular flexibility index (Phi) is 4.14. The molecule has 3 unspecified atom stereocenters. The molecule has 0 aromatic heterocycles. The molecule has 1 saturated carbocycles. The van der Waals surface area contributed by atoms with Crippen molar-refractivity contribution in [2.24, 2.45) is 17.6 Å². The fourth-order valence-electron chi connectivity index (χ4n) is 3.58. The molecule has 1 aromatic carbocycles. The van der Waals surface area contributed by atoms with Crippen molar-refractivity contribution < 1.29 is 26.0 Å². The second-order valence-corrected chi connectivity index (χ2v) is 8.01. The van der Waals surface area contributed by atoms with Gasteiger partial charge < -0.3 is 5.73 Å². The molecular weight excluding hydrogens is 336 g/mol. The van der Waals surface area contributed by atoms with Gasteiger partial charge in [0.2, 0.25) is 10.0 Å². The monoisotopic (exact) mass is 352 g/mol. The quantitative estimate of drug-likeness (QED) is 0.654. The van der Waals surface area contributed by atoms with E-state index in [2.05, 4.69) is 0 Å². The Morgan fingerprint density at radius 1 is 1.04 bits per heavy atom. The number of benzene rings is 1. The molecule has 0 radical (unpaired) electrons. The molecule has 9 heteroatoms. The van der Waals surface area contributed by atoms with Crippen molar-refractivity contribution in [3.63, 3.8) is 0 Å². The van der Waals surface area contributed by atoms with Crippen LogP contribution in [0.4, 0.5) is 17.6 Å². The Morgan fingerprint density at radius 3 is 2.22 bits per heavy atom. The molecule has 1 aliphatic carbocycles. The van der Waals surface area contributed by atoms with Crippen LogP contribution in [0.3, 0.4) is 0 Å². The lowest BCUT2D eigenvalue weighted by Crippen LogP contribution is -2.38. The highest BCUT2D eigenvalue weighted by atomic mass is 32.2. The van der Waals surface area contributed by atoms with E-state index in [0.717, 1.165) is 23.6 Å². The lowest BCUT2D eigenvalue weighted by molar-refractivity contribution is 0.260. The minimum absolute atomic E-state index is 0.00180. The first-order valence-electron chi connectivity index (χ1n) is 7.32. The number of fused-ring (bicyclic) bond motifs is 1. The van der Waals surface area contributed by atoms with E-state index in [4.69, 9.17) is 5.73 Å².